The summed E-state index contributed by atoms with van der Waals surface area (Å²) in [5, 5.41) is 0. The van der Waals surface area contributed by atoms with Crippen LogP contribution >= 0.6 is 0 Å². The molecule has 1 fully saturated rings. The molecule has 1 saturated heterocycles. The van der Waals surface area contributed by atoms with Crippen LogP contribution in [0.5, 0.6) is 5.75 Å². The summed E-state index contributed by atoms with van der Waals surface area (Å²) in [6, 6.07) is 5.62. The van der Waals surface area contributed by atoms with Crippen molar-refractivity contribution in [1.29, 1.82) is 0 Å². The molecule has 1 aliphatic heterocycles. The molecule has 0 aliphatic carbocycles. The molecule has 7 heteroatoms. The van der Waals surface area contributed by atoms with Crippen LogP contribution in [0.3, 0.4) is 0 Å². The van der Waals surface area contributed by atoms with Crippen LogP contribution in [0.15, 0.2) is 30.3 Å². The third-order valence-corrected chi connectivity index (χ3v) is 3.73. The van der Waals surface area contributed by atoms with E-state index >= 15 is 0 Å². The molecule has 23 heavy (non-hydrogen) atoms. The minimum Gasteiger partial charge on any atom is -0.434 e. The summed E-state index contributed by atoms with van der Waals surface area (Å²) in [4.78, 5) is 25.1. The van der Waals surface area contributed by atoms with Crippen LogP contribution < -0.4 is 10.5 Å². The van der Waals surface area contributed by atoms with Crippen molar-refractivity contribution in [2.45, 2.75) is 32.4 Å². The van der Waals surface area contributed by atoms with E-state index < -0.39 is 18.6 Å². The molecule has 1 unspecified atom stereocenters. The summed E-state index contributed by atoms with van der Waals surface area (Å²) >= 11 is 0. The Morgan fingerprint density at radius 1 is 1.39 bits per heavy atom. The summed E-state index contributed by atoms with van der Waals surface area (Å²) in [6.45, 7) is -0.871. The number of nitrogens with two attached hydrogens (primary N) is 1. The Hall–Kier alpha value is -2.44. The molecular weight excluding hydrogens is 306 g/mol. The second-order valence-corrected chi connectivity index (χ2v) is 5.29. The van der Waals surface area contributed by atoms with E-state index in [1.165, 1.54) is 17.0 Å². The van der Waals surface area contributed by atoms with Crippen molar-refractivity contribution in [1.82, 2.24) is 4.90 Å². The van der Waals surface area contributed by atoms with Crippen LogP contribution in [0, 0.1) is 0 Å². The van der Waals surface area contributed by atoms with Crippen molar-refractivity contribution in [2.75, 3.05) is 6.54 Å². The molecule has 0 bridgehead atoms. The molecular formula is C16H18F2N2O3. The first-order valence-electron chi connectivity index (χ1n) is 7.22. The third-order valence-electron chi connectivity index (χ3n) is 3.73. The molecule has 0 saturated carbocycles. The van der Waals surface area contributed by atoms with Crippen LogP contribution in [-0.2, 0) is 9.59 Å². The highest BCUT2D eigenvalue weighted by Gasteiger charge is 2.31. The first kappa shape index (κ1) is 16.9. The van der Waals surface area contributed by atoms with Gasteiger partial charge in [-0.3, -0.25) is 9.59 Å². The van der Waals surface area contributed by atoms with Gasteiger partial charge in [-0.15, -0.1) is 0 Å². The number of allylic oxidation sites excluding steroid dienone is 1. The van der Waals surface area contributed by atoms with Gasteiger partial charge in [-0.1, -0.05) is 18.2 Å². The normalized spacial score (nSPS) is 18.3. The van der Waals surface area contributed by atoms with Crippen molar-refractivity contribution in [3.8, 4) is 5.75 Å². The number of halogens is 2. The number of primary amides is 1. The Balaban J connectivity index is 2.22. The number of likely N-dealkylation sites (tertiary alicyclic amines) is 1. The van der Waals surface area contributed by atoms with E-state index in [0.717, 1.165) is 0 Å². The van der Waals surface area contributed by atoms with E-state index in [-0.39, 0.29) is 11.7 Å². The maximum absolute atomic E-state index is 12.4. The fraction of sp³-hybridized carbons (Fsp3) is 0.375. The molecule has 2 rings (SSSR count). The fourth-order valence-corrected chi connectivity index (χ4v) is 2.66. The molecule has 0 aromatic heterocycles. The van der Waals surface area contributed by atoms with Gasteiger partial charge in [-0.25, -0.2) is 0 Å². The van der Waals surface area contributed by atoms with Crippen LogP contribution in [0.4, 0.5) is 8.78 Å². The molecule has 1 heterocycles. The zero-order chi connectivity index (χ0) is 17.0. The monoisotopic (exact) mass is 324 g/mol. The number of benzene rings is 1. The quantitative estimate of drug-likeness (QED) is 0.844. The van der Waals surface area contributed by atoms with Crippen LogP contribution in [0.1, 0.15) is 25.3 Å². The van der Waals surface area contributed by atoms with Crippen LogP contribution in [0.2, 0.25) is 0 Å². The van der Waals surface area contributed by atoms with Gasteiger partial charge in [0.2, 0.25) is 11.8 Å². The lowest BCUT2D eigenvalue weighted by atomic mass is 10.1. The molecule has 2 amide bonds. The Morgan fingerprint density at radius 2 is 2.09 bits per heavy atom. The zero-order valence-electron chi connectivity index (χ0n) is 12.7. The number of nitrogens with zero attached hydrogens (tertiary/aromatic N) is 1. The van der Waals surface area contributed by atoms with Crippen molar-refractivity contribution in [3.63, 3.8) is 0 Å². The minimum absolute atomic E-state index is 0.00285. The summed E-state index contributed by atoms with van der Waals surface area (Å²) in [6.07, 6.45) is 2.56. The second-order valence-electron chi connectivity index (χ2n) is 5.29. The lowest BCUT2D eigenvalue weighted by Gasteiger charge is -2.21. The lowest BCUT2D eigenvalue weighted by molar-refractivity contribution is -0.133. The maximum Gasteiger partial charge on any atom is 0.387 e. The van der Waals surface area contributed by atoms with E-state index in [1.807, 2.05) is 0 Å². The van der Waals surface area contributed by atoms with Crippen LogP contribution in [0.25, 0.3) is 5.57 Å². The van der Waals surface area contributed by atoms with Crippen molar-refractivity contribution in [2.24, 2.45) is 5.73 Å². The first-order chi connectivity index (χ1) is 10.9. The number of hydrogen-bond donors (Lipinski definition) is 1. The molecule has 1 aromatic rings. The zero-order valence-corrected chi connectivity index (χ0v) is 12.7. The number of rotatable bonds is 5. The molecule has 124 valence electrons. The van der Waals surface area contributed by atoms with Gasteiger partial charge in [0.05, 0.1) is 0 Å². The highest BCUT2D eigenvalue weighted by atomic mass is 19.3. The van der Waals surface area contributed by atoms with Gasteiger partial charge >= 0.3 is 6.61 Å². The number of carbonyl (C=O) groups is 2. The summed E-state index contributed by atoms with van der Waals surface area (Å²) in [5.41, 5.74) is 6.16. The van der Waals surface area contributed by atoms with Gasteiger partial charge in [0.25, 0.3) is 0 Å². The molecule has 0 spiro atoms. The summed E-state index contributed by atoms with van der Waals surface area (Å²) in [7, 11) is 0. The molecule has 5 nitrogen and oxygen atoms in total. The number of para-hydroxylation sites is 1. The molecule has 0 radical (unpaired) electrons. The number of carbonyl (C=O) groups excluding carboxylic acids is 2. The Bertz CT molecular complexity index is 632. The number of ether oxygens (including phenoxy) is 1. The number of hydrogen-bond acceptors (Lipinski definition) is 3. The van der Waals surface area contributed by atoms with Gasteiger partial charge < -0.3 is 15.4 Å². The minimum atomic E-state index is -2.95. The topological polar surface area (TPSA) is 72.6 Å². The standard InChI is InChI=1S/C16H18F2N2O3/c1-10(11-5-2-3-7-13(11)23-16(17)18)9-14(21)20-8-4-6-12(20)15(19)22/h2-3,5,7,9,12,16H,4,6,8H2,1H3,(H2,19,22)/b10-9+. The Morgan fingerprint density at radius 3 is 2.74 bits per heavy atom. The van der Waals surface area contributed by atoms with Gasteiger partial charge in [0.15, 0.2) is 0 Å². The van der Waals surface area contributed by atoms with Crippen molar-refractivity contribution >= 4 is 17.4 Å². The molecule has 1 aliphatic rings. The molecule has 1 atom stereocenters. The van der Waals surface area contributed by atoms with E-state index in [0.29, 0.717) is 30.5 Å². The van der Waals surface area contributed by atoms with Gasteiger partial charge in [-0.05, 0) is 31.4 Å². The Kier molecular flexibility index (Phi) is 5.31. The predicted octanol–water partition coefficient (Wildman–Crippen LogP) is 2.17. The maximum atomic E-state index is 12.4. The van der Waals surface area contributed by atoms with Gasteiger partial charge in [0, 0.05) is 18.2 Å². The van der Waals surface area contributed by atoms with Crippen molar-refractivity contribution in [3.05, 3.63) is 35.9 Å². The van der Waals surface area contributed by atoms with E-state index in [4.69, 9.17) is 5.73 Å². The lowest BCUT2D eigenvalue weighted by Crippen LogP contribution is -2.43. The van der Waals surface area contributed by atoms with Crippen LogP contribution in [-0.4, -0.2) is 35.9 Å². The Labute approximate surface area is 132 Å². The summed E-state index contributed by atoms with van der Waals surface area (Å²) in [5.74, 6) is -0.907. The average Bonchev–Trinajstić information content (AvgIpc) is 2.96. The highest BCUT2D eigenvalue weighted by Crippen LogP contribution is 2.27. The second kappa shape index (κ2) is 7.21. The largest absolute Gasteiger partial charge is 0.434 e. The predicted molar refractivity (Wildman–Crippen MR) is 80.7 cm³/mol. The van der Waals surface area contributed by atoms with Crippen molar-refractivity contribution < 1.29 is 23.1 Å². The van der Waals surface area contributed by atoms with E-state index in [1.54, 1.807) is 25.1 Å². The van der Waals surface area contributed by atoms with E-state index in [2.05, 4.69) is 4.74 Å². The molecule has 2 N–H and O–H groups in total. The summed E-state index contributed by atoms with van der Waals surface area (Å²) < 4.78 is 29.3. The fourth-order valence-electron chi connectivity index (χ4n) is 2.66. The SMILES string of the molecule is C/C(=C\C(=O)N1CCCC1C(N)=O)c1ccccc1OC(F)F. The third kappa shape index (κ3) is 4.06. The highest BCUT2D eigenvalue weighted by molar-refractivity contribution is 5.98. The van der Waals surface area contributed by atoms with Gasteiger partial charge in [0.1, 0.15) is 11.8 Å². The average molecular weight is 324 g/mol. The number of alkyl halides is 2. The first-order valence-corrected chi connectivity index (χ1v) is 7.22. The number of amides is 2. The molecule has 1 aromatic carbocycles. The van der Waals surface area contributed by atoms with Gasteiger partial charge in [-0.2, -0.15) is 8.78 Å². The smallest absolute Gasteiger partial charge is 0.387 e. The van der Waals surface area contributed by atoms with E-state index in [9.17, 15) is 18.4 Å².